The van der Waals surface area contributed by atoms with E-state index in [1.807, 2.05) is 42.5 Å². The molecule has 0 saturated carbocycles. The van der Waals surface area contributed by atoms with Crippen molar-refractivity contribution in [2.24, 2.45) is 5.10 Å². The molecule has 4 rings (SSSR count). The summed E-state index contributed by atoms with van der Waals surface area (Å²) in [7, 11) is 0. The molecule has 0 spiro atoms. The molecule has 1 aliphatic heterocycles. The van der Waals surface area contributed by atoms with Gasteiger partial charge in [0.2, 0.25) is 0 Å². The molecule has 26 heavy (non-hydrogen) atoms. The maximum Gasteiger partial charge on any atom is 0.151 e. The summed E-state index contributed by atoms with van der Waals surface area (Å²) in [5, 5.41) is 6.93. The third-order valence-electron chi connectivity index (χ3n) is 4.43. The number of hydrogen-bond donors (Lipinski definition) is 0. The lowest BCUT2D eigenvalue weighted by Gasteiger charge is -2.24. The van der Waals surface area contributed by atoms with Crippen molar-refractivity contribution in [3.63, 3.8) is 0 Å². The van der Waals surface area contributed by atoms with E-state index in [-0.39, 0.29) is 11.7 Å². The van der Waals surface area contributed by atoms with Crippen molar-refractivity contribution in [1.82, 2.24) is 0 Å². The van der Waals surface area contributed by atoms with E-state index in [2.05, 4.69) is 5.10 Å². The molecule has 5 heteroatoms. The summed E-state index contributed by atoms with van der Waals surface area (Å²) >= 11 is 5.97. The number of nitrogens with zero attached hydrogens (tertiary/aromatic N) is 2. The molecule has 0 aliphatic carbocycles. The molecule has 0 bridgehead atoms. The van der Waals surface area contributed by atoms with Gasteiger partial charge in [0.25, 0.3) is 0 Å². The minimum Gasteiger partial charge on any atom is -0.254 e. The molecule has 2 nitrogen and oxygen atoms in total. The van der Waals surface area contributed by atoms with Crippen LogP contribution >= 0.6 is 11.6 Å². The highest BCUT2D eigenvalue weighted by atomic mass is 35.5. The quantitative estimate of drug-likeness (QED) is 0.555. The lowest BCUT2D eigenvalue weighted by molar-refractivity contribution is 0.573. The third-order valence-corrected chi connectivity index (χ3v) is 4.68. The highest BCUT2D eigenvalue weighted by molar-refractivity contribution is 6.30. The highest BCUT2D eigenvalue weighted by Gasteiger charge is 2.31. The number of hydrogen-bond acceptors (Lipinski definition) is 2. The Morgan fingerprint density at radius 3 is 2.35 bits per heavy atom. The summed E-state index contributed by atoms with van der Waals surface area (Å²) in [4.78, 5) is 0. The molecule has 3 aromatic rings. The van der Waals surface area contributed by atoms with Crippen LogP contribution < -0.4 is 5.01 Å². The fourth-order valence-electron chi connectivity index (χ4n) is 3.15. The summed E-state index contributed by atoms with van der Waals surface area (Å²) in [6, 6.07) is 20.6. The first-order chi connectivity index (χ1) is 12.6. The van der Waals surface area contributed by atoms with Gasteiger partial charge in [0.05, 0.1) is 17.4 Å². The Morgan fingerprint density at radius 1 is 0.923 bits per heavy atom. The van der Waals surface area contributed by atoms with Crippen LogP contribution in [0.2, 0.25) is 5.02 Å². The van der Waals surface area contributed by atoms with Gasteiger partial charge in [-0.25, -0.2) is 8.78 Å². The lowest BCUT2D eigenvalue weighted by atomic mass is 9.98. The second-order valence-electron chi connectivity index (χ2n) is 6.12. The molecular formula is C21H15ClF2N2. The van der Waals surface area contributed by atoms with Gasteiger partial charge in [-0.1, -0.05) is 54.1 Å². The van der Waals surface area contributed by atoms with Crippen LogP contribution in [-0.4, -0.2) is 5.71 Å². The van der Waals surface area contributed by atoms with E-state index in [0.717, 1.165) is 22.9 Å². The van der Waals surface area contributed by atoms with Crippen LogP contribution in [-0.2, 0) is 0 Å². The van der Waals surface area contributed by atoms with Crippen LogP contribution in [0.1, 0.15) is 23.6 Å². The van der Waals surface area contributed by atoms with Crippen molar-refractivity contribution >= 4 is 23.0 Å². The number of rotatable bonds is 3. The van der Waals surface area contributed by atoms with Crippen LogP contribution in [0.4, 0.5) is 14.5 Å². The molecule has 0 saturated heterocycles. The Balaban J connectivity index is 1.78. The summed E-state index contributed by atoms with van der Waals surface area (Å²) < 4.78 is 27.7. The van der Waals surface area contributed by atoms with Crippen molar-refractivity contribution in [3.8, 4) is 0 Å². The fourth-order valence-corrected chi connectivity index (χ4v) is 3.28. The van der Waals surface area contributed by atoms with Crippen molar-refractivity contribution < 1.29 is 8.78 Å². The minimum absolute atomic E-state index is 0.165. The van der Waals surface area contributed by atoms with E-state index in [0.29, 0.717) is 11.4 Å². The van der Waals surface area contributed by atoms with Gasteiger partial charge >= 0.3 is 0 Å². The molecule has 0 amide bonds. The van der Waals surface area contributed by atoms with E-state index in [9.17, 15) is 8.78 Å². The van der Waals surface area contributed by atoms with E-state index >= 15 is 0 Å². The Bertz CT molecular complexity index is 956. The average molecular weight is 369 g/mol. The number of hydrazone groups is 1. The SMILES string of the molecule is Fc1ccc(N2N=C(c3ccc(Cl)cc3)C[C@@H]2c2ccccc2)c(F)c1. The number of benzene rings is 3. The van der Waals surface area contributed by atoms with Crippen LogP contribution in [0.15, 0.2) is 77.9 Å². The topological polar surface area (TPSA) is 15.6 Å². The monoisotopic (exact) mass is 368 g/mol. The van der Waals surface area contributed by atoms with Crippen molar-refractivity contribution in [1.29, 1.82) is 0 Å². The summed E-state index contributed by atoms with van der Waals surface area (Å²) in [6.45, 7) is 0. The smallest absolute Gasteiger partial charge is 0.151 e. The molecule has 0 aromatic heterocycles. The third kappa shape index (κ3) is 3.20. The molecule has 0 N–H and O–H groups in total. The molecule has 130 valence electrons. The van der Waals surface area contributed by atoms with Gasteiger partial charge in [-0.3, -0.25) is 5.01 Å². The van der Waals surface area contributed by atoms with E-state index < -0.39 is 11.6 Å². The normalized spacial score (nSPS) is 16.7. The highest BCUT2D eigenvalue weighted by Crippen LogP contribution is 2.38. The number of anilines is 1. The van der Waals surface area contributed by atoms with Crippen LogP contribution in [0.25, 0.3) is 0 Å². The molecule has 1 heterocycles. The second-order valence-corrected chi connectivity index (χ2v) is 6.56. The average Bonchev–Trinajstić information content (AvgIpc) is 3.08. The molecular weight excluding hydrogens is 354 g/mol. The summed E-state index contributed by atoms with van der Waals surface area (Å²) in [5.74, 6) is -1.24. The molecule has 0 unspecified atom stereocenters. The second kappa shape index (κ2) is 6.89. The van der Waals surface area contributed by atoms with Gasteiger partial charge in [0.15, 0.2) is 5.82 Å². The largest absolute Gasteiger partial charge is 0.254 e. The van der Waals surface area contributed by atoms with Gasteiger partial charge < -0.3 is 0 Å². The first kappa shape index (κ1) is 16.7. The Labute approximate surface area is 155 Å². The van der Waals surface area contributed by atoms with Crippen molar-refractivity contribution in [2.75, 3.05) is 5.01 Å². The summed E-state index contributed by atoms with van der Waals surface area (Å²) in [5.41, 5.74) is 3.03. The van der Waals surface area contributed by atoms with Gasteiger partial charge in [-0.15, -0.1) is 0 Å². The molecule has 3 aromatic carbocycles. The van der Waals surface area contributed by atoms with E-state index in [1.54, 1.807) is 17.1 Å². The first-order valence-corrected chi connectivity index (χ1v) is 8.62. The van der Waals surface area contributed by atoms with Gasteiger partial charge in [0.1, 0.15) is 5.82 Å². The Kier molecular flexibility index (Phi) is 4.43. The molecule has 0 radical (unpaired) electrons. The lowest BCUT2D eigenvalue weighted by Crippen LogP contribution is -2.19. The van der Waals surface area contributed by atoms with Gasteiger partial charge in [0, 0.05) is 17.5 Å². The van der Waals surface area contributed by atoms with Crippen LogP contribution in [0.3, 0.4) is 0 Å². The maximum absolute atomic E-state index is 14.4. The Hall–Kier alpha value is -2.72. The zero-order chi connectivity index (χ0) is 18.1. The maximum atomic E-state index is 14.4. The Morgan fingerprint density at radius 2 is 1.65 bits per heavy atom. The van der Waals surface area contributed by atoms with Crippen LogP contribution in [0.5, 0.6) is 0 Å². The zero-order valence-corrected chi connectivity index (χ0v) is 14.5. The molecule has 0 fully saturated rings. The van der Waals surface area contributed by atoms with Crippen molar-refractivity contribution in [2.45, 2.75) is 12.5 Å². The first-order valence-electron chi connectivity index (χ1n) is 8.24. The predicted molar refractivity (Wildman–Crippen MR) is 101 cm³/mol. The van der Waals surface area contributed by atoms with Gasteiger partial charge in [-0.05, 0) is 35.4 Å². The van der Waals surface area contributed by atoms with Crippen molar-refractivity contribution in [3.05, 3.63) is 101 Å². The van der Waals surface area contributed by atoms with Crippen LogP contribution in [0, 0.1) is 11.6 Å². The van der Waals surface area contributed by atoms with Gasteiger partial charge in [-0.2, -0.15) is 5.10 Å². The summed E-state index contributed by atoms with van der Waals surface area (Å²) in [6.07, 6.45) is 0.614. The number of halogens is 3. The zero-order valence-electron chi connectivity index (χ0n) is 13.7. The fraction of sp³-hybridized carbons (Fsp3) is 0.0952. The molecule has 1 aliphatic rings. The predicted octanol–water partition coefficient (Wildman–Crippen LogP) is 5.97. The molecule has 1 atom stereocenters. The van der Waals surface area contributed by atoms with E-state index in [1.165, 1.54) is 12.1 Å². The minimum atomic E-state index is -0.632. The van der Waals surface area contributed by atoms with E-state index in [4.69, 9.17) is 11.6 Å². The standard InChI is InChI=1S/C21H15ClF2N2/c22-16-8-6-14(7-9-16)19-13-21(15-4-2-1-3-5-15)26(25-19)20-11-10-17(23)12-18(20)24/h1-12,21H,13H2/t21-/m1/s1.